The van der Waals surface area contributed by atoms with Crippen LogP contribution in [0.4, 0.5) is 0 Å². The summed E-state index contributed by atoms with van der Waals surface area (Å²) >= 11 is 0. The summed E-state index contributed by atoms with van der Waals surface area (Å²) in [6, 6.07) is 1.86. The predicted molar refractivity (Wildman–Crippen MR) is 72.5 cm³/mol. The number of hydrogen-bond donors (Lipinski definition) is 2. The fraction of sp³-hybridized carbons (Fsp3) is 0.615. The zero-order chi connectivity index (χ0) is 15.3. The van der Waals surface area contributed by atoms with Crippen LogP contribution in [-0.2, 0) is 14.3 Å². The summed E-state index contributed by atoms with van der Waals surface area (Å²) in [6.07, 6.45) is -0.791. The number of rotatable bonds is 7. The Morgan fingerprint density at radius 1 is 1.50 bits per heavy atom. The number of methoxy groups -OCH3 is 1. The standard InChI is InChI=1S/C13H21N3O4/c1-8-5-9(2)16(15-8)10(3)6-12(17)14-7-11(20-4)13(18)19/h5,10-11H,6-7H2,1-4H3,(H,14,17)(H,18,19). The second-order valence-corrected chi connectivity index (χ2v) is 4.79. The van der Waals surface area contributed by atoms with E-state index in [1.807, 2.05) is 26.8 Å². The lowest BCUT2D eigenvalue weighted by Gasteiger charge is -2.15. The summed E-state index contributed by atoms with van der Waals surface area (Å²) in [5.41, 5.74) is 1.89. The highest BCUT2D eigenvalue weighted by Crippen LogP contribution is 2.13. The van der Waals surface area contributed by atoms with Crippen molar-refractivity contribution in [2.45, 2.75) is 39.3 Å². The summed E-state index contributed by atoms with van der Waals surface area (Å²) in [6.45, 7) is 5.67. The second kappa shape index (κ2) is 7.04. The molecule has 1 rings (SSSR count). The number of aliphatic carboxylic acids is 1. The van der Waals surface area contributed by atoms with Gasteiger partial charge in [-0.15, -0.1) is 0 Å². The number of amides is 1. The lowest BCUT2D eigenvalue weighted by molar-refractivity contribution is -0.148. The fourth-order valence-corrected chi connectivity index (χ4v) is 2.00. The van der Waals surface area contributed by atoms with Crippen molar-refractivity contribution < 1.29 is 19.4 Å². The molecule has 0 aliphatic carbocycles. The molecule has 1 aromatic heterocycles. The van der Waals surface area contributed by atoms with E-state index < -0.39 is 12.1 Å². The monoisotopic (exact) mass is 283 g/mol. The van der Waals surface area contributed by atoms with Crippen LogP contribution in [0.25, 0.3) is 0 Å². The lowest BCUT2D eigenvalue weighted by atomic mass is 10.2. The molecule has 1 heterocycles. The number of carboxylic acid groups (broad SMARTS) is 1. The highest BCUT2D eigenvalue weighted by molar-refractivity contribution is 5.78. The Bertz CT molecular complexity index is 484. The topological polar surface area (TPSA) is 93.5 Å². The first-order valence-corrected chi connectivity index (χ1v) is 6.40. The zero-order valence-corrected chi connectivity index (χ0v) is 12.2. The van der Waals surface area contributed by atoms with Crippen molar-refractivity contribution in [3.05, 3.63) is 17.5 Å². The number of aryl methyl sites for hydroxylation is 2. The van der Waals surface area contributed by atoms with Crippen molar-refractivity contribution in [1.29, 1.82) is 0 Å². The Morgan fingerprint density at radius 2 is 2.15 bits per heavy atom. The third-order valence-electron chi connectivity index (χ3n) is 2.99. The molecule has 7 heteroatoms. The molecular weight excluding hydrogens is 262 g/mol. The number of aromatic nitrogens is 2. The van der Waals surface area contributed by atoms with Crippen molar-refractivity contribution in [2.75, 3.05) is 13.7 Å². The first-order chi connectivity index (χ1) is 9.35. The van der Waals surface area contributed by atoms with E-state index in [1.54, 1.807) is 4.68 Å². The van der Waals surface area contributed by atoms with Crippen LogP contribution in [0.3, 0.4) is 0 Å². The Balaban J connectivity index is 2.50. The van der Waals surface area contributed by atoms with E-state index in [9.17, 15) is 9.59 Å². The summed E-state index contributed by atoms with van der Waals surface area (Å²) in [4.78, 5) is 22.5. The summed E-state index contributed by atoms with van der Waals surface area (Å²) in [7, 11) is 1.30. The van der Waals surface area contributed by atoms with Crippen molar-refractivity contribution >= 4 is 11.9 Å². The number of nitrogens with zero attached hydrogens (tertiary/aromatic N) is 2. The van der Waals surface area contributed by atoms with Crippen LogP contribution in [0.15, 0.2) is 6.07 Å². The molecule has 0 fully saturated rings. The quantitative estimate of drug-likeness (QED) is 0.767. The van der Waals surface area contributed by atoms with Gasteiger partial charge < -0.3 is 15.2 Å². The number of nitrogens with one attached hydrogen (secondary N) is 1. The van der Waals surface area contributed by atoms with Gasteiger partial charge in [0.15, 0.2) is 6.10 Å². The molecule has 0 aliphatic heterocycles. The van der Waals surface area contributed by atoms with E-state index in [-0.39, 0.29) is 24.9 Å². The highest BCUT2D eigenvalue weighted by Gasteiger charge is 2.19. The highest BCUT2D eigenvalue weighted by atomic mass is 16.5. The molecule has 2 unspecified atom stereocenters. The first-order valence-electron chi connectivity index (χ1n) is 6.40. The zero-order valence-electron chi connectivity index (χ0n) is 12.2. The van der Waals surface area contributed by atoms with Gasteiger partial charge in [-0.1, -0.05) is 0 Å². The van der Waals surface area contributed by atoms with Gasteiger partial charge in [-0.05, 0) is 26.8 Å². The average Bonchev–Trinajstić information content (AvgIpc) is 2.68. The third kappa shape index (κ3) is 4.34. The van der Waals surface area contributed by atoms with Gasteiger partial charge in [-0.3, -0.25) is 9.48 Å². The van der Waals surface area contributed by atoms with Crippen LogP contribution in [0.2, 0.25) is 0 Å². The normalized spacial score (nSPS) is 13.8. The molecule has 7 nitrogen and oxygen atoms in total. The largest absolute Gasteiger partial charge is 0.479 e. The molecule has 0 saturated carbocycles. The van der Waals surface area contributed by atoms with Crippen molar-refractivity contribution in [3.8, 4) is 0 Å². The minimum Gasteiger partial charge on any atom is -0.479 e. The van der Waals surface area contributed by atoms with Gasteiger partial charge in [-0.25, -0.2) is 4.79 Å². The minimum atomic E-state index is -1.10. The van der Waals surface area contributed by atoms with Crippen molar-refractivity contribution in [2.24, 2.45) is 0 Å². The molecule has 1 amide bonds. The maximum atomic E-state index is 11.8. The van der Waals surface area contributed by atoms with Gasteiger partial charge in [0.25, 0.3) is 0 Å². The molecule has 2 N–H and O–H groups in total. The van der Waals surface area contributed by atoms with Gasteiger partial charge in [0, 0.05) is 19.2 Å². The summed E-state index contributed by atoms with van der Waals surface area (Å²) < 4.78 is 6.53. The molecule has 2 atom stereocenters. The number of ether oxygens (including phenoxy) is 1. The number of carboxylic acids is 1. The SMILES string of the molecule is COC(CNC(=O)CC(C)n1nc(C)cc1C)C(=O)O. The molecular formula is C13H21N3O4. The maximum absolute atomic E-state index is 11.8. The summed E-state index contributed by atoms with van der Waals surface area (Å²) in [5.74, 6) is -1.33. The molecule has 0 bridgehead atoms. The van der Waals surface area contributed by atoms with Crippen LogP contribution in [0, 0.1) is 13.8 Å². The van der Waals surface area contributed by atoms with Crippen LogP contribution in [0.5, 0.6) is 0 Å². The fourth-order valence-electron chi connectivity index (χ4n) is 2.00. The van der Waals surface area contributed by atoms with Gasteiger partial charge in [0.1, 0.15) is 0 Å². The molecule has 0 aromatic carbocycles. The van der Waals surface area contributed by atoms with E-state index in [4.69, 9.17) is 9.84 Å². The molecule has 0 saturated heterocycles. The van der Waals surface area contributed by atoms with E-state index >= 15 is 0 Å². The number of carbonyl (C=O) groups excluding carboxylic acids is 1. The van der Waals surface area contributed by atoms with Crippen LogP contribution >= 0.6 is 0 Å². The van der Waals surface area contributed by atoms with Crippen LogP contribution in [0.1, 0.15) is 30.8 Å². The van der Waals surface area contributed by atoms with Crippen molar-refractivity contribution in [3.63, 3.8) is 0 Å². The second-order valence-electron chi connectivity index (χ2n) is 4.79. The van der Waals surface area contributed by atoms with Gasteiger partial charge in [0.05, 0.1) is 18.3 Å². The molecule has 20 heavy (non-hydrogen) atoms. The average molecular weight is 283 g/mol. The number of hydrogen-bond acceptors (Lipinski definition) is 4. The van der Waals surface area contributed by atoms with E-state index in [0.29, 0.717) is 0 Å². The molecule has 0 radical (unpaired) electrons. The minimum absolute atomic E-state index is 0.0471. The van der Waals surface area contributed by atoms with Gasteiger partial charge in [0.2, 0.25) is 5.91 Å². The Morgan fingerprint density at radius 3 is 2.60 bits per heavy atom. The Kier molecular flexibility index (Phi) is 5.69. The van der Waals surface area contributed by atoms with Crippen LogP contribution in [-0.4, -0.2) is 46.5 Å². The Labute approximate surface area is 117 Å². The molecule has 1 aromatic rings. The number of carbonyl (C=O) groups is 2. The summed E-state index contributed by atoms with van der Waals surface area (Å²) in [5, 5.41) is 15.7. The maximum Gasteiger partial charge on any atom is 0.334 e. The van der Waals surface area contributed by atoms with Crippen LogP contribution < -0.4 is 5.32 Å². The van der Waals surface area contributed by atoms with E-state index in [2.05, 4.69) is 10.4 Å². The lowest BCUT2D eigenvalue weighted by Crippen LogP contribution is -2.38. The molecule has 112 valence electrons. The predicted octanol–water partition coefficient (Wildman–Crippen LogP) is 0.667. The van der Waals surface area contributed by atoms with Gasteiger partial charge in [-0.2, -0.15) is 5.10 Å². The molecule has 0 aliphatic rings. The van der Waals surface area contributed by atoms with Crippen molar-refractivity contribution in [1.82, 2.24) is 15.1 Å². The smallest absolute Gasteiger partial charge is 0.334 e. The Hall–Kier alpha value is -1.89. The van der Waals surface area contributed by atoms with Gasteiger partial charge >= 0.3 is 5.97 Å². The molecule has 0 spiro atoms. The van der Waals surface area contributed by atoms with E-state index in [0.717, 1.165) is 11.4 Å². The first kappa shape index (κ1) is 16.2. The third-order valence-corrected chi connectivity index (χ3v) is 2.99. The van der Waals surface area contributed by atoms with E-state index in [1.165, 1.54) is 7.11 Å².